The molecular weight excluding hydrogens is 290 g/mol. The molecule has 0 amide bonds. The number of sulfonamides is 1. The van der Waals surface area contributed by atoms with Crippen molar-refractivity contribution >= 4 is 27.5 Å². The zero-order valence-corrected chi connectivity index (χ0v) is 12.2. The van der Waals surface area contributed by atoms with E-state index in [-0.39, 0.29) is 10.7 Å². The molecule has 0 saturated heterocycles. The minimum atomic E-state index is -3.78. The highest BCUT2D eigenvalue weighted by Crippen LogP contribution is 2.18. The van der Waals surface area contributed by atoms with Crippen LogP contribution in [0.25, 0.3) is 0 Å². The Bertz CT molecular complexity index is 571. The van der Waals surface area contributed by atoms with Crippen LogP contribution in [0.1, 0.15) is 20.3 Å². The average Bonchev–Trinajstić information content (AvgIpc) is 2.37. The van der Waals surface area contributed by atoms with Crippen molar-refractivity contribution in [3.05, 3.63) is 29.3 Å². The van der Waals surface area contributed by atoms with Crippen LogP contribution in [-0.4, -0.2) is 25.0 Å². The first-order valence-electron chi connectivity index (χ1n) is 5.52. The first kappa shape index (κ1) is 15.7. The summed E-state index contributed by atoms with van der Waals surface area (Å²) in [5, 5.41) is 12.0. The fourth-order valence-corrected chi connectivity index (χ4v) is 2.97. The van der Waals surface area contributed by atoms with Crippen molar-refractivity contribution in [1.29, 1.82) is 0 Å². The van der Waals surface area contributed by atoms with Crippen molar-refractivity contribution in [3.8, 4) is 0 Å². The number of hydrogen-bond donors (Lipinski definition) is 3. The first-order chi connectivity index (χ1) is 8.75. The van der Waals surface area contributed by atoms with Gasteiger partial charge in [0.1, 0.15) is 0 Å². The van der Waals surface area contributed by atoms with Crippen molar-refractivity contribution in [2.75, 3.05) is 0 Å². The summed E-state index contributed by atoms with van der Waals surface area (Å²) in [6, 6.07) is 5.71. The Hall–Kier alpha value is -1.31. The highest BCUT2D eigenvalue weighted by atomic mass is 35.5. The normalized spacial score (nSPS) is 16.1. The molecule has 1 aromatic rings. The molecule has 0 aliphatic rings. The number of halogens is 1. The van der Waals surface area contributed by atoms with E-state index >= 15 is 0 Å². The molecule has 0 saturated carbocycles. The van der Waals surface area contributed by atoms with Gasteiger partial charge in [-0.1, -0.05) is 23.7 Å². The van der Waals surface area contributed by atoms with Gasteiger partial charge >= 0.3 is 0 Å². The molecule has 4 N–H and O–H groups in total. The lowest BCUT2D eigenvalue weighted by molar-refractivity contribution is 0.310. The largest absolute Gasteiger partial charge is 0.409 e. The lowest BCUT2D eigenvalue weighted by Gasteiger charge is -2.27. The molecule has 1 aromatic carbocycles. The number of benzene rings is 1. The number of rotatable bonds is 5. The lowest BCUT2D eigenvalue weighted by Crippen LogP contribution is -2.54. The monoisotopic (exact) mass is 305 g/mol. The smallest absolute Gasteiger partial charge is 0.241 e. The summed E-state index contributed by atoms with van der Waals surface area (Å²) in [7, 11) is -3.78. The van der Waals surface area contributed by atoms with E-state index in [1.165, 1.54) is 31.2 Å². The van der Waals surface area contributed by atoms with Crippen molar-refractivity contribution in [2.24, 2.45) is 10.9 Å². The molecule has 0 bridgehead atoms. The lowest BCUT2D eigenvalue weighted by atomic mass is 10.00. The summed E-state index contributed by atoms with van der Waals surface area (Å²) >= 11 is 5.71. The molecule has 8 heteroatoms. The van der Waals surface area contributed by atoms with Crippen molar-refractivity contribution in [1.82, 2.24) is 4.72 Å². The van der Waals surface area contributed by atoms with E-state index in [1.807, 2.05) is 0 Å². The number of nitrogens with two attached hydrogens (primary N) is 1. The summed E-state index contributed by atoms with van der Waals surface area (Å²) < 4.78 is 26.8. The maximum Gasteiger partial charge on any atom is 0.241 e. The van der Waals surface area contributed by atoms with Gasteiger partial charge in [0.15, 0.2) is 5.84 Å². The average molecular weight is 306 g/mol. The minimum absolute atomic E-state index is 0.0577. The van der Waals surface area contributed by atoms with Gasteiger partial charge in [-0.25, -0.2) is 8.42 Å². The van der Waals surface area contributed by atoms with Gasteiger partial charge in [0.25, 0.3) is 0 Å². The predicted molar refractivity (Wildman–Crippen MR) is 73.9 cm³/mol. The highest BCUT2D eigenvalue weighted by molar-refractivity contribution is 7.89. The van der Waals surface area contributed by atoms with E-state index in [0.717, 1.165) is 0 Å². The molecular formula is C11H16ClN3O3S. The van der Waals surface area contributed by atoms with Gasteiger partial charge in [0.2, 0.25) is 10.0 Å². The van der Waals surface area contributed by atoms with Crippen molar-refractivity contribution in [3.63, 3.8) is 0 Å². The molecule has 0 radical (unpaired) electrons. The summed E-state index contributed by atoms with van der Waals surface area (Å²) in [5.74, 6) is -0.201. The van der Waals surface area contributed by atoms with Gasteiger partial charge in [-0.15, -0.1) is 0 Å². The zero-order chi connectivity index (χ0) is 14.7. The SMILES string of the molecule is CCC(C)(NS(=O)(=O)c1ccc(Cl)cc1)/C(N)=N/O. The van der Waals surface area contributed by atoms with E-state index in [9.17, 15) is 8.42 Å². The Morgan fingerprint density at radius 1 is 1.47 bits per heavy atom. The van der Waals surface area contributed by atoms with Gasteiger partial charge in [0.05, 0.1) is 10.4 Å². The third-order valence-corrected chi connectivity index (χ3v) is 4.73. The molecule has 1 atom stereocenters. The fourth-order valence-electron chi connectivity index (χ4n) is 1.39. The maximum atomic E-state index is 12.2. The molecule has 1 unspecified atom stereocenters. The quantitative estimate of drug-likeness (QED) is 0.332. The summed E-state index contributed by atoms with van der Waals surface area (Å²) in [6.45, 7) is 3.26. The zero-order valence-electron chi connectivity index (χ0n) is 10.6. The van der Waals surface area contributed by atoms with Gasteiger partial charge in [-0.05, 0) is 37.6 Å². The van der Waals surface area contributed by atoms with Crippen molar-refractivity contribution in [2.45, 2.75) is 30.7 Å². The maximum absolute atomic E-state index is 12.2. The van der Waals surface area contributed by atoms with Crippen LogP contribution < -0.4 is 10.5 Å². The summed E-state index contributed by atoms with van der Waals surface area (Å²) in [6.07, 6.45) is 0.329. The van der Waals surface area contributed by atoms with Crippen molar-refractivity contribution < 1.29 is 13.6 Å². The van der Waals surface area contributed by atoms with Crippen LogP contribution in [0.5, 0.6) is 0 Å². The second kappa shape index (κ2) is 5.77. The van der Waals surface area contributed by atoms with Gasteiger partial charge < -0.3 is 10.9 Å². The van der Waals surface area contributed by atoms with Crippen LogP contribution in [0.15, 0.2) is 34.3 Å². The molecule has 106 valence electrons. The first-order valence-corrected chi connectivity index (χ1v) is 7.39. The number of nitrogens with one attached hydrogen (secondary N) is 1. The Labute approximate surface area is 117 Å². The minimum Gasteiger partial charge on any atom is -0.409 e. The van der Waals surface area contributed by atoms with Gasteiger partial charge in [-0.2, -0.15) is 4.72 Å². The molecule has 1 rings (SSSR count). The number of nitrogens with zero attached hydrogens (tertiary/aromatic N) is 1. The molecule has 19 heavy (non-hydrogen) atoms. The molecule has 0 aromatic heterocycles. The second-order valence-corrected chi connectivity index (χ2v) is 6.35. The summed E-state index contributed by atoms with van der Waals surface area (Å²) in [5.41, 5.74) is 4.36. The number of amidine groups is 1. The topological polar surface area (TPSA) is 105 Å². The van der Waals surface area contributed by atoms with E-state index in [2.05, 4.69) is 9.88 Å². The second-order valence-electron chi connectivity index (χ2n) is 4.23. The molecule has 0 spiro atoms. The van der Waals surface area contributed by atoms with Gasteiger partial charge in [0, 0.05) is 5.02 Å². The molecule has 0 fully saturated rings. The van der Waals surface area contributed by atoms with E-state index in [1.54, 1.807) is 6.92 Å². The number of oxime groups is 1. The van der Waals surface area contributed by atoms with Crippen LogP contribution in [0, 0.1) is 0 Å². The van der Waals surface area contributed by atoms with Crippen LogP contribution in [0.4, 0.5) is 0 Å². The number of hydrogen-bond acceptors (Lipinski definition) is 4. The van der Waals surface area contributed by atoms with Crippen LogP contribution >= 0.6 is 11.6 Å². The predicted octanol–water partition coefficient (Wildman–Crippen LogP) is 1.53. The van der Waals surface area contributed by atoms with E-state index in [4.69, 9.17) is 22.5 Å². The molecule has 0 heterocycles. The van der Waals surface area contributed by atoms with E-state index < -0.39 is 15.6 Å². The third-order valence-electron chi connectivity index (χ3n) is 2.86. The Balaban J connectivity index is 3.12. The van der Waals surface area contributed by atoms with Crippen LogP contribution in [0.3, 0.4) is 0 Å². The molecule has 6 nitrogen and oxygen atoms in total. The third kappa shape index (κ3) is 3.59. The highest BCUT2D eigenvalue weighted by Gasteiger charge is 2.33. The van der Waals surface area contributed by atoms with Crippen LogP contribution in [-0.2, 0) is 10.0 Å². The standard InChI is InChI=1S/C11H16ClN3O3S/c1-3-11(2,10(13)14-16)15-19(17,18)9-6-4-8(12)5-7-9/h4-7,15-16H,3H2,1-2H3,(H2,13,14). The summed E-state index contributed by atoms with van der Waals surface area (Å²) in [4.78, 5) is 0.0577. The fraction of sp³-hybridized carbons (Fsp3) is 0.364. The molecule has 0 aliphatic carbocycles. The van der Waals surface area contributed by atoms with E-state index in [0.29, 0.717) is 11.4 Å². The Morgan fingerprint density at radius 3 is 2.42 bits per heavy atom. The van der Waals surface area contributed by atoms with Gasteiger partial charge in [-0.3, -0.25) is 0 Å². The Morgan fingerprint density at radius 2 is 2.00 bits per heavy atom. The van der Waals surface area contributed by atoms with Crippen LogP contribution in [0.2, 0.25) is 5.02 Å². The Kier molecular flexibility index (Phi) is 4.78. The molecule has 0 aliphatic heterocycles.